The zero-order valence-corrected chi connectivity index (χ0v) is 19.3. The minimum absolute atomic E-state index is 0.0137. The van der Waals surface area contributed by atoms with Gasteiger partial charge >= 0.3 is 0 Å². The van der Waals surface area contributed by atoms with Gasteiger partial charge in [-0.05, 0) is 48.8 Å². The van der Waals surface area contributed by atoms with E-state index in [1.54, 1.807) is 11.3 Å². The minimum atomic E-state index is -3.80. The molecule has 11 heteroatoms. The Hall–Kier alpha value is -1.79. The van der Waals surface area contributed by atoms with Crippen LogP contribution in [0.15, 0.2) is 46.7 Å². The van der Waals surface area contributed by atoms with Crippen LogP contribution in [-0.4, -0.2) is 53.0 Å². The Labute approximate surface area is 181 Å². The Kier molecular flexibility index (Phi) is 6.98. The van der Waals surface area contributed by atoms with Crippen molar-refractivity contribution in [1.29, 1.82) is 0 Å². The van der Waals surface area contributed by atoms with Crippen molar-refractivity contribution in [3.63, 3.8) is 0 Å². The summed E-state index contributed by atoms with van der Waals surface area (Å²) in [5.41, 5.74) is 0.149. The van der Waals surface area contributed by atoms with Crippen LogP contribution in [0.2, 0.25) is 0 Å². The van der Waals surface area contributed by atoms with Gasteiger partial charge in [-0.2, -0.15) is 0 Å². The molecule has 0 saturated carbocycles. The highest BCUT2D eigenvalue weighted by molar-refractivity contribution is 7.94. The van der Waals surface area contributed by atoms with Gasteiger partial charge in [0.2, 0.25) is 26.0 Å². The fraction of sp³-hybridized carbons (Fsp3) is 0.421. The topological polar surface area (TPSA) is 104 Å². The summed E-state index contributed by atoms with van der Waals surface area (Å²) in [4.78, 5) is 15.2. The van der Waals surface area contributed by atoms with E-state index in [2.05, 4.69) is 9.62 Å². The number of hydrogen-bond donors (Lipinski definition) is 1. The summed E-state index contributed by atoms with van der Waals surface area (Å²) in [5.74, 6) is -0.746. The van der Waals surface area contributed by atoms with Crippen LogP contribution >= 0.6 is 11.3 Å². The van der Waals surface area contributed by atoms with E-state index in [0.717, 1.165) is 22.3 Å². The van der Waals surface area contributed by atoms with Gasteiger partial charge in [-0.15, -0.1) is 11.3 Å². The maximum absolute atomic E-state index is 12.8. The first kappa shape index (κ1) is 22.9. The van der Waals surface area contributed by atoms with E-state index in [-0.39, 0.29) is 35.3 Å². The lowest BCUT2D eigenvalue weighted by Crippen LogP contribution is -2.37. The first-order valence-electron chi connectivity index (χ1n) is 9.62. The monoisotopic (exact) mass is 471 g/mol. The molecule has 0 spiro atoms. The van der Waals surface area contributed by atoms with Crippen molar-refractivity contribution < 1.29 is 21.6 Å². The molecule has 2 heterocycles. The minimum Gasteiger partial charge on any atom is -0.295 e. The molecule has 1 N–H and O–H groups in total. The van der Waals surface area contributed by atoms with Gasteiger partial charge in [0.25, 0.3) is 0 Å². The number of nitrogens with zero attached hydrogens (tertiary/aromatic N) is 2. The fourth-order valence-corrected chi connectivity index (χ4v) is 6.82. The molecule has 0 bridgehead atoms. The lowest BCUT2D eigenvalue weighted by atomic mass is 10.2. The third-order valence-electron chi connectivity index (χ3n) is 5.05. The van der Waals surface area contributed by atoms with Crippen LogP contribution in [0.5, 0.6) is 0 Å². The van der Waals surface area contributed by atoms with Gasteiger partial charge in [0.1, 0.15) is 0 Å². The largest absolute Gasteiger partial charge is 0.295 e. The van der Waals surface area contributed by atoms with Gasteiger partial charge in [-0.3, -0.25) is 9.69 Å². The Morgan fingerprint density at radius 2 is 1.83 bits per heavy atom. The predicted octanol–water partition coefficient (Wildman–Crippen LogP) is 2.18. The highest BCUT2D eigenvalue weighted by Gasteiger charge is 2.36. The van der Waals surface area contributed by atoms with Crippen molar-refractivity contribution in [3.8, 4) is 0 Å². The molecule has 1 aliphatic rings. The zero-order chi connectivity index (χ0) is 21.9. The van der Waals surface area contributed by atoms with E-state index in [1.165, 1.54) is 24.3 Å². The first-order chi connectivity index (χ1) is 14.2. The van der Waals surface area contributed by atoms with E-state index in [1.807, 2.05) is 31.4 Å². The number of likely N-dealkylation sites (N-methyl/N-ethyl adjacent to an activating group) is 1. The van der Waals surface area contributed by atoms with E-state index >= 15 is 0 Å². The van der Waals surface area contributed by atoms with Crippen LogP contribution in [0.3, 0.4) is 0 Å². The second-order valence-corrected chi connectivity index (χ2v) is 11.5. The number of amides is 1. The number of benzene rings is 1. The quantitative estimate of drug-likeness (QED) is 0.601. The maximum atomic E-state index is 12.8. The van der Waals surface area contributed by atoms with Gasteiger partial charge in [0.05, 0.1) is 22.4 Å². The van der Waals surface area contributed by atoms with Crippen LogP contribution in [0.1, 0.15) is 31.2 Å². The van der Waals surface area contributed by atoms with Crippen LogP contribution in [0.4, 0.5) is 5.69 Å². The van der Waals surface area contributed by atoms with Crippen LogP contribution < -0.4 is 9.03 Å². The van der Waals surface area contributed by atoms with Crippen molar-refractivity contribution in [2.45, 2.75) is 31.2 Å². The number of anilines is 1. The summed E-state index contributed by atoms with van der Waals surface area (Å²) in [7, 11) is -7.49. The van der Waals surface area contributed by atoms with E-state index < -0.39 is 26.0 Å². The molecule has 2 aromatic rings. The second-order valence-electron chi connectivity index (χ2n) is 6.82. The van der Waals surface area contributed by atoms with Gasteiger partial charge < -0.3 is 0 Å². The Bertz CT molecular complexity index is 1080. The average molecular weight is 472 g/mol. The highest BCUT2D eigenvalue weighted by atomic mass is 32.2. The molecule has 164 valence electrons. The molecule has 1 aromatic heterocycles. The van der Waals surface area contributed by atoms with Crippen molar-refractivity contribution in [2.24, 2.45) is 0 Å². The molecule has 1 saturated heterocycles. The molecule has 3 rings (SSSR count). The molecular weight excluding hydrogens is 446 g/mol. The number of nitrogens with one attached hydrogen (secondary N) is 1. The summed E-state index contributed by atoms with van der Waals surface area (Å²) < 4.78 is 53.1. The zero-order valence-electron chi connectivity index (χ0n) is 16.8. The molecule has 1 amide bonds. The van der Waals surface area contributed by atoms with Crippen molar-refractivity contribution >= 4 is 43.0 Å². The van der Waals surface area contributed by atoms with Gasteiger partial charge in [0, 0.05) is 17.8 Å². The molecule has 8 nitrogen and oxygen atoms in total. The van der Waals surface area contributed by atoms with E-state index in [9.17, 15) is 21.6 Å². The highest BCUT2D eigenvalue weighted by Crippen LogP contribution is 2.27. The Balaban J connectivity index is 1.77. The Morgan fingerprint density at radius 3 is 2.33 bits per heavy atom. The number of sulfonamides is 2. The third kappa shape index (κ3) is 4.75. The van der Waals surface area contributed by atoms with Crippen LogP contribution in [0, 0.1) is 0 Å². The second kappa shape index (κ2) is 9.15. The first-order valence-corrected chi connectivity index (χ1v) is 13.6. The number of carbonyl (C=O) groups is 1. The summed E-state index contributed by atoms with van der Waals surface area (Å²) in [6.45, 7) is 5.85. The number of thiophene rings is 1. The molecule has 0 aliphatic carbocycles. The van der Waals surface area contributed by atoms with Crippen LogP contribution in [0.25, 0.3) is 0 Å². The molecular formula is C19H25N3O5S3. The number of carbonyl (C=O) groups excluding carboxylic acids is 1. The summed E-state index contributed by atoms with van der Waals surface area (Å²) in [6.07, 6.45) is -0.0700. The lowest BCUT2D eigenvalue weighted by molar-refractivity contribution is -0.116. The van der Waals surface area contributed by atoms with Crippen molar-refractivity contribution in [1.82, 2.24) is 9.62 Å². The third-order valence-corrected chi connectivity index (χ3v) is 9.16. The van der Waals surface area contributed by atoms with E-state index in [4.69, 9.17) is 0 Å². The van der Waals surface area contributed by atoms with Gasteiger partial charge in [-0.25, -0.2) is 25.9 Å². The maximum Gasteiger partial charge on any atom is 0.242 e. The molecule has 1 aromatic carbocycles. The molecule has 1 unspecified atom stereocenters. The molecule has 1 aliphatic heterocycles. The fourth-order valence-electron chi connectivity index (χ4n) is 3.46. The average Bonchev–Trinajstić information content (AvgIpc) is 3.33. The van der Waals surface area contributed by atoms with Crippen LogP contribution in [-0.2, 0) is 24.8 Å². The molecule has 1 atom stereocenters. The van der Waals surface area contributed by atoms with E-state index in [0.29, 0.717) is 0 Å². The molecule has 1 fully saturated rings. The molecule has 30 heavy (non-hydrogen) atoms. The normalized spacial score (nSPS) is 17.6. The standard InChI is InChI=1S/C19H25N3O5S3/c1-3-21(4-2)17(18-6-5-12-28-18)14-20-30(26,27)16-9-7-15(8-10-16)22-19(23)11-13-29(22,24)25/h5-10,12,17,20H,3-4,11,13-14H2,1-2H3. The number of rotatable bonds is 9. The van der Waals surface area contributed by atoms with Crippen molar-refractivity contribution in [3.05, 3.63) is 46.7 Å². The molecule has 0 radical (unpaired) electrons. The summed E-state index contributed by atoms with van der Waals surface area (Å²) in [5, 5.41) is 1.97. The number of hydrogen-bond acceptors (Lipinski definition) is 7. The van der Waals surface area contributed by atoms with Gasteiger partial charge in [-0.1, -0.05) is 19.9 Å². The van der Waals surface area contributed by atoms with Gasteiger partial charge in [0.15, 0.2) is 0 Å². The predicted molar refractivity (Wildman–Crippen MR) is 118 cm³/mol. The SMILES string of the molecule is CCN(CC)C(CNS(=O)(=O)c1ccc(N2C(=O)CCS2(=O)=O)cc1)c1cccs1. The van der Waals surface area contributed by atoms with Crippen molar-refractivity contribution in [2.75, 3.05) is 29.7 Å². The smallest absolute Gasteiger partial charge is 0.242 e. The lowest BCUT2D eigenvalue weighted by Gasteiger charge is -2.29. The summed E-state index contributed by atoms with van der Waals surface area (Å²) in [6, 6.07) is 9.17. The summed E-state index contributed by atoms with van der Waals surface area (Å²) >= 11 is 1.58. The Morgan fingerprint density at radius 1 is 1.17 bits per heavy atom.